The Morgan fingerprint density at radius 1 is 1.52 bits per heavy atom. The average molecular weight is 293 g/mol. The molecule has 116 valence electrons. The Labute approximate surface area is 125 Å². The van der Waals surface area contributed by atoms with Crippen LogP contribution < -0.4 is 10.5 Å². The fraction of sp³-hybridized carbons (Fsp3) is 0.600. The highest BCUT2D eigenvalue weighted by atomic mass is 16.6. The summed E-state index contributed by atoms with van der Waals surface area (Å²) in [6, 6.07) is 5.35. The number of nitro groups is 1. The van der Waals surface area contributed by atoms with Gasteiger partial charge in [0.05, 0.1) is 12.0 Å². The Morgan fingerprint density at radius 3 is 2.81 bits per heavy atom. The SMILES string of the molecule is COc1ccc(CN2CCC(N)C(C)(C)C2)cc1[N+](=O)[O-]. The number of ether oxygens (including phenoxy) is 1. The average Bonchev–Trinajstić information content (AvgIpc) is 2.42. The van der Waals surface area contributed by atoms with Gasteiger partial charge in [-0.15, -0.1) is 0 Å². The van der Waals surface area contributed by atoms with Gasteiger partial charge in [0.1, 0.15) is 0 Å². The van der Waals surface area contributed by atoms with E-state index in [0.717, 1.165) is 25.1 Å². The van der Waals surface area contributed by atoms with Crippen molar-refractivity contribution in [2.75, 3.05) is 20.2 Å². The number of piperidine rings is 1. The number of hydrogen-bond acceptors (Lipinski definition) is 5. The third-order valence-corrected chi connectivity index (χ3v) is 4.24. The molecule has 6 heteroatoms. The third kappa shape index (κ3) is 3.51. The smallest absolute Gasteiger partial charge is 0.311 e. The predicted molar refractivity (Wildman–Crippen MR) is 81.3 cm³/mol. The summed E-state index contributed by atoms with van der Waals surface area (Å²) < 4.78 is 5.03. The van der Waals surface area contributed by atoms with Crippen molar-refractivity contribution in [3.8, 4) is 5.75 Å². The highest BCUT2D eigenvalue weighted by Gasteiger charge is 2.33. The van der Waals surface area contributed by atoms with Crippen molar-refractivity contribution in [3.05, 3.63) is 33.9 Å². The first kappa shape index (κ1) is 15.7. The second-order valence-electron chi connectivity index (χ2n) is 6.36. The molecular weight excluding hydrogens is 270 g/mol. The molecule has 1 aliphatic heterocycles. The largest absolute Gasteiger partial charge is 0.490 e. The van der Waals surface area contributed by atoms with Crippen molar-refractivity contribution in [1.82, 2.24) is 4.90 Å². The van der Waals surface area contributed by atoms with E-state index < -0.39 is 4.92 Å². The molecule has 0 spiro atoms. The molecule has 1 fully saturated rings. The summed E-state index contributed by atoms with van der Waals surface area (Å²) in [6.07, 6.45) is 0.950. The van der Waals surface area contributed by atoms with Gasteiger partial charge in [0.15, 0.2) is 5.75 Å². The summed E-state index contributed by atoms with van der Waals surface area (Å²) >= 11 is 0. The Balaban J connectivity index is 2.13. The molecule has 0 amide bonds. The maximum Gasteiger partial charge on any atom is 0.311 e. The van der Waals surface area contributed by atoms with Crippen LogP contribution in [0.5, 0.6) is 5.75 Å². The van der Waals surface area contributed by atoms with Crippen LogP contribution in [0.15, 0.2) is 18.2 Å². The van der Waals surface area contributed by atoms with Crippen LogP contribution in [-0.2, 0) is 6.54 Å². The molecule has 1 aliphatic rings. The maximum atomic E-state index is 11.1. The van der Waals surface area contributed by atoms with Crippen LogP contribution in [0.25, 0.3) is 0 Å². The van der Waals surface area contributed by atoms with E-state index in [-0.39, 0.29) is 17.1 Å². The van der Waals surface area contributed by atoms with Gasteiger partial charge in [-0.1, -0.05) is 19.9 Å². The number of nitrogens with two attached hydrogens (primary N) is 1. The first-order valence-electron chi connectivity index (χ1n) is 7.13. The van der Waals surface area contributed by atoms with Gasteiger partial charge in [0, 0.05) is 31.7 Å². The highest BCUT2D eigenvalue weighted by Crippen LogP contribution is 2.31. The van der Waals surface area contributed by atoms with Crippen molar-refractivity contribution in [2.24, 2.45) is 11.1 Å². The topological polar surface area (TPSA) is 81.6 Å². The molecule has 0 radical (unpaired) electrons. The molecule has 1 unspecified atom stereocenters. The van der Waals surface area contributed by atoms with Crippen LogP contribution >= 0.6 is 0 Å². The van der Waals surface area contributed by atoms with E-state index in [4.69, 9.17) is 10.5 Å². The van der Waals surface area contributed by atoms with Crippen LogP contribution in [0.3, 0.4) is 0 Å². The lowest BCUT2D eigenvalue weighted by atomic mass is 9.79. The van der Waals surface area contributed by atoms with Gasteiger partial charge < -0.3 is 10.5 Å². The molecule has 0 aromatic heterocycles. The normalized spacial score (nSPS) is 22.0. The third-order valence-electron chi connectivity index (χ3n) is 4.24. The van der Waals surface area contributed by atoms with Crippen molar-refractivity contribution in [1.29, 1.82) is 0 Å². The molecule has 1 atom stereocenters. The van der Waals surface area contributed by atoms with Gasteiger partial charge in [-0.3, -0.25) is 15.0 Å². The molecule has 6 nitrogen and oxygen atoms in total. The summed E-state index contributed by atoms with van der Waals surface area (Å²) in [6.45, 7) is 6.85. The summed E-state index contributed by atoms with van der Waals surface area (Å²) in [5, 5.41) is 11.1. The lowest BCUT2D eigenvalue weighted by molar-refractivity contribution is -0.385. The second kappa shape index (κ2) is 5.99. The fourth-order valence-electron chi connectivity index (χ4n) is 2.85. The number of hydrogen-bond donors (Lipinski definition) is 1. The van der Waals surface area contributed by atoms with Gasteiger partial charge in [-0.05, 0) is 23.5 Å². The van der Waals surface area contributed by atoms with Gasteiger partial charge in [0.25, 0.3) is 0 Å². The van der Waals surface area contributed by atoms with Gasteiger partial charge in [-0.2, -0.15) is 0 Å². The number of likely N-dealkylation sites (tertiary alicyclic amines) is 1. The molecule has 0 aliphatic carbocycles. The molecule has 0 bridgehead atoms. The second-order valence-corrected chi connectivity index (χ2v) is 6.36. The zero-order chi connectivity index (χ0) is 15.6. The summed E-state index contributed by atoms with van der Waals surface area (Å²) in [5.74, 6) is 0.296. The van der Waals surface area contributed by atoms with E-state index in [1.54, 1.807) is 12.1 Å². The summed E-state index contributed by atoms with van der Waals surface area (Å²) in [5.41, 5.74) is 7.14. The Kier molecular flexibility index (Phi) is 4.49. The van der Waals surface area contributed by atoms with E-state index in [0.29, 0.717) is 12.3 Å². The maximum absolute atomic E-state index is 11.1. The van der Waals surface area contributed by atoms with E-state index in [2.05, 4.69) is 18.7 Å². The highest BCUT2D eigenvalue weighted by molar-refractivity contribution is 5.48. The summed E-state index contributed by atoms with van der Waals surface area (Å²) in [7, 11) is 1.44. The van der Waals surface area contributed by atoms with Gasteiger partial charge >= 0.3 is 5.69 Å². The standard InChI is InChI=1S/C15H23N3O3/c1-15(2)10-17(7-6-14(15)16)9-11-4-5-13(21-3)12(8-11)18(19)20/h4-5,8,14H,6-7,9-10,16H2,1-3H3. The molecule has 2 rings (SSSR count). The lowest BCUT2D eigenvalue weighted by Crippen LogP contribution is -2.52. The Bertz CT molecular complexity index is 531. The van der Waals surface area contributed by atoms with Crippen molar-refractivity contribution >= 4 is 5.69 Å². The Hall–Kier alpha value is -1.66. The number of benzene rings is 1. The van der Waals surface area contributed by atoms with Gasteiger partial charge in [-0.25, -0.2) is 0 Å². The van der Waals surface area contributed by atoms with Crippen LogP contribution in [0.4, 0.5) is 5.69 Å². The van der Waals surface area contributed by atoms with Crippen molar-refractivity contribution < 1.29 is 9.66 Å². The fourth-order valence-corrected chi connectivity index (χ4v) is 2.85. The zero-order valence-electron chi connectivity index (χ0n) is 12.8. The lowest BCUT2D eigenvalue weighted by Gasteiger charge is -2.42. The molecule has 1 heterocycles. The van der Waals surface area contributed by atoms with Gasteiger partial charge in [0.2, 0.25) is 0 Å². The Morgan fingerprint density at radius 2 is 2.24 bits per heavy atom. The minimum Gasteiger partial charge on any atom is -0.490 e. The van der Waals surface area contributed by atoms with E-state index in [1.807, 2.05) is 6.07 Å². The first-order valence-corrected chi connectivity index (χ1v) is 7.13. The molecule has 0 saturated carbocycles. The van der Waals surface area contributed by atoms with Crippen LogP contribution in [0.1, 0.15) is 25.8 Å². The molecule has 2 N–H and O–H groups in total. The van der Waals surface area contributed by atoms with Crippen LogP contribution in [0.2, 0.25) is 0 Å². The quantitative estimate of drug-likeness (QED) is 0.679. The van der Waals surface area contributed by atoms with Crippen molar-refractivity contribution in [3.63, 3.8) is 0 Å². The molecule has 1 aromatic rings. The van der Waals surface area contributed by atoms with E-state index >= 15 is 0 Å². The molecule has 1 saturated heterocycles. The number of methoxy groups -OCH3 is 1. The molecule has 1 aromatic carbocycles. The van der Waals surface area contributed by atoms with E-state index in [1.165, 1.54) is 7.11 Å². The first-order chi connectivity index (χ1) is 9.83. The molecule has 21 heavy (non-hydrogen) atoms. The zero-order valence-corrected chi connectivity index (χ0v) is 12.8. The summed E-state index contributed by atoms with van der Waals surface area (Å²) in [4.78, 5) is 13.0. The molecular formula is C15H23N3O3. The van der Waals surface area contributed by atoms with Crippen molar-refractivity contribution in [2.45, 2.75) is 32.9 Å². The minimum atomic E-state index is -0.404. The number of nitrogens with zero attached hydrogens (tertiary/aromatic N) is 2. The van der Waals surface area contributed by atoms with Crippen LogP contribution in [0, 0.1) is 15.5 Å². The minimum absolute atomic E-state index is 0.0166. The number of rotatable bonds is 4. The number of nitro benzene ring substituents is 1. The monoisotopic (exact) mass is 293 g/mol. The van der Waals surface area contributed by atoms with Crippen LogP contribution in [-0.4, -0.2) is 36.1 Å². The van der Waals surface area contributed by atoms with E-state index in [9.17, 15) is 10.1 Å². The predicted octanol–water partition coefficient (Wildman–Crippen LogP) is 2.16.